The largest absolute Gasteiger partial charge is 0.325 e. The maximum atomic E-state index is 12.3. The van der Waals surface area contributed by atoms with Gasteiger partial charge < -0.3 is 5.32 Å². The summed E-state index contributed by atoms with van der Waals surface area (Å²) in [5.74, 6) is -0.0250. The third-order valence-electron chi connectivity index (χ3n) is 3.85. The zero-order valence-corrected chi connectivity index (χ0v) is 15.9. The maximum absolute atomic E-state index is 12.3. The number of rotatable bonds is 7. The van der Waals surface area contributed by atoms with E-state index in [1.54, 1.807) is 17.8 Å². The lowest BCUT2D eigenvalue weighted by molar-refractivity contribution is -0.117. The molecule has 0 atom stereocenters. The second kappa shape index (κ2) is 9.11. The van der Waals surface area contributed by atoms with Crippen LogP contribution in [0.15, 0.2) is 47.4 Å². The Morgan fingerprint density at radius 2 is 1.92 bits per heavy atom. The first-order valence-corrected chi connectivity index (χ1v) is 9.53. The fourth-order valence-electron chi connectivity index (χ4n) is 2.39. The van der Waals surface area contributed by atoms with E-state index < -0.39 is 0 Å². The van der Waals surface area contributed by atoms with Crippen molar-refractivity contribution in [1.29, 1.82) is 0 Å². The first-order chi connectivity index (χ1) is 11.5. The van der Waals surface area contributed by atoms with Gasteiger partial charge in [0.2, 0.25) is 5.91 Å². The van der Waals surface area contributed by atoms with Crippen LogP contribution in [0, 0.1) is 6.92 Å². The molecule has 0 aliphatic heterocycles. The lowest BCUT2D eigenvalue weighted by atomic mass is 10.2. The van der Waals surface area contributed by atoms with Gasteiger partial charge in [-0.05, 0) is 55.1 Å². The van der Waals surface area contributed by atoms with E-state index in [0.717, 1.165) is 24.3 Å². The van der Waals surface area contributed by atoms with E-state index in [1.807, 2.05) is 19.1 Å². The molecule has 2 aromatic carbocycles. The minimum absolute atomic E-state index is 0.0250. The summed E-state index contributed by atoms with van der Waals surface area (Å²) in [6.07, 6.45) is 2.06. The topological polar surface area (TPSA) is 32.3 Å². The van der Waals surface area contributed by atoms with E-state index >= 15 is 0 Å². The summed E-state index contributed by atoms with van der Waals surface area (Å²) in [7, 11) is 0. The molecular weight excluding hydrogens is 340 g/mol. The van der Waals surface area contributed by atoms with E-state index in [4.69, 9.17) is 11.6 Å². The Hall–Kier alpha value is -1.49. The van der Waals surface area contributed by atoms with Crippen LogP contribution in [0.1, 0.15) is 18.1 Å². The number of benzene rings is 2. The van der Waals surface area contributed by atoms with Gasteiger partial charge in [0.15, 0.2) is 0 Å². The minimum atomic E-state index is -0.0250. The van der Waals surface area contributed by atoms with Crippen molar-refractivity contribution in [3.8, 4) is 0 Å². The summed E-state index contributed by atoms with van der Waals surface area (Å²) in [5.41, 5.74) is 2.98. The fraction of sp³-hybridized carbons (Fsp3) is 0.316. The van der Waals surface area contributed by atoms with Gasteiger partial charge in [0, 0.05) is 22.2 Å². The predicted octanol–water partition coefficient (Wildman–Crippen LogP) is 4.83. The molecule has 0 spiro atoms. The number of hydrogen-bond donors (Lipinski definition) is 1. The Labute approximate surface area is 153 Å². The van der Waals surface area contributed by atoms with Gasteiger partial charge in [0.05, 0.1) is 6.54 Å². The Kier molecular flexibility index (Phi) is 7.16. The van der Waals surface area contributed by atoms with Gasteiger partial charge in [-0.15, -0.1) is 11.8 Å². The SMILES string of the molecule is CCN(CC(=O)Nc1cc(Cl)ccc1C)Cc1ccc(SC)cc1. The van der Waals surface area contributed by atoms with Crippen molar-refractivity contribution in [3.63, 3.8) is 0 Å². The molecule has 5 heteroatoms. The number of carbonyl (C=O) groups is 1. The summed E-state index contributed by atoms with van der Waals surface area (Å²) < 4.78 is 0. The van der Waals surface area contributed by atoms with Crippen LogP contribution in [-0.2, 0) is 11.3 Å². The summed E-state index contributed by atoms with van der Waals surface area (Å²) >= 11 is 7.73. The average Bonchev–Trinajstić information content (AvgIpc) is 2.58. The molecule has 0 unspecified atom stereocenters. The highest BCUT2D eigenvalue weighted by Gasteiger charge is 2.11. The monoisotopic (exact) mass is 362 g/mol. The van der Waals surface area contributed by atoms with Crippen molar-refractivity contribution >= 4 is 35.0 Å². The van der Waals surface area contributed by atoms with E-state index in [-0.39, 0.29) is 5.91 Å². The Bertz CT molecular complexity index is 688. The van der Waals surface area contributed by atoms with E-state index in [1.165, 1.54) is 10.5 Å². The van der Waals surface area contributed by atoms with Gasteiger partial charge in [-0.3, -0.25) is 9.69 Å². The minimum Gasteiger partial charge on any atom is -0.325 e. The highest BCUT2D eigenvalue weighted by molar-refractivity contribution is 7.98. The summed E-state index contributed by atoms with van der Waals surface area (Å²) in [5, 5.41) is 3.57. The highest BCUT2D eigenvalue weighted by Crippen LogP contribution is 2.20. The molecule has 128 valence electrons. The van der Waals surface area contributed by atoms with E-state index in [2.05, 4.69) is 47.7 Å². The Morgan fingerprint density at radius 3 is 2.54 bits per heavy atom. The van der Waals surface area contributed by atoms with Gasteiger partial charge in [0.25, 0.3) is 0 Å². The number of aryl methyl sites for hydroxylation is 1. The lowest BCUT2D eigenvalue weighted by Gasteiger charge is -2.20. The molecule has 0 aliphatic carbocycles. The number of halogens is 1. The molecular formula is C19H23ClN2OS. The van der Waals surface area contributed by atoms with Crippen LogP contribution >= 0.6 is 23.4 Å². The smallest absolute Gasteiger partial charge is 0.238 e. The molecule has 0 heterocycles. The van der Waals surface area contributed by atoms with Crippen molar-refractivity contribution in [2.45, 2.75) is 25.3 Å². The number of nitrogens with one attached hydrogen (secondary N) is 1. The first kappa shape index (κ1) is 18.8. The maximum Gasteiger partial charge on any atom is 0.238 e. The van der Waals surface area contributed by atoms with Crippen molar-refractivity contribution in [2.75, 3.05) is 24.7 Å². The molecule has 24 heavy (non-hydrogen) atoms. The van der Waals surface area contributed by atoms with E-state index in [0.29, 0.717) is 11.6 Å². The van der Waals surface area contributed by atoms with Gasteiger partial charge in [-0.1, -0.05) is 36.7 Å². The normalized spacial score (nSPS) is 10.9. The van der Waals surface area contributed by atoms with Crippen molar-refractivity contribution < 1.29 is 4.79 Å². The van der Waals surface area contributed by atoms with Crippen molar-refractivity contribution in [1.82, 2.24) is 4.90 Å². The molecule has 0 aromatic heterocycles. The second-order valence-electron chi connectivity index (χ2n) is 5.66. The average molecular weight is 363 g/mol. The number of anilines is 1. The van der Waals surface area contributed by atoms with Crippen molar-refractivity contribution in [3.05, 3.63) is 58.6 Å². The van der Waals surface area contributed by atoms with Crippen LogP contribution in [0.3, 0.4) is 0 Å². The van der Waals surface area contributed by atoms with Crippen LogP contribution in [0.4, 0.5) is 5.69 Å². The number of carbonyl (C=O) groups excluding carboxylic acids is 1. The standard InChI is InChI=1S/C19H23ClN2OS/c1-4-22(12-15-6-9-17(24-3)10-7-15)13-19(23)21-18-11-16(20)8-5-14(18)2/h5-11H,4,12-13H2,1-3H3,(H,21,23). The molecule has 0 saturated carbocycles. The highest BCUT2D eigenvalue weighted by atomic mass is 35.5. The molecule has 0 bridgehead atoms. The lowest BCUT2D eigenvalue weighted by Crippen LogP contribution is -2.32. The van der Waals surface area contributed by atoms with Crippen LogP contribution in [0.25, 0.3) is 0 Å². The molecule has 1 amide bonds. The van der Waals surface area contributed by atoms with Crippen LogP contribution in [0.2, 0.25) is 5.02 Å². The molecule has 0 saturated heterocycles. The van der Waals surface area contributed by atoms with Crippen LogP contribution < -0.4 is 5.32 Å². The second-order valence-corrected chi connectivity index (χ2v) is 6.97. The summed E-state index contributed by atoms with van der Waals surface area (Å²) in [4.78, 5) is 15.7. The van der Waals surface area contributed by atoms with Gasteiger partial charge >= 0.3 is 0 Å². The molecule has 2 rings (SSSR count). The van der Waals surface area contributed by atoms with E-state index in [9.17, 15) is 4.79 Å². The quantitative estimate of drug-likeness (QED) is 0.716. The zero-order valence-electron chi connectivity index (χ0n) is 14.3. The first-order valence-electron chi connectivity index (χ1n) is 7.93. The van der Waals surface area contributed by atoms with Crippen LogP contribution in [-0.4, -0.2) is 30.2 Å². The third-order valence-corrected chi connectivity index (χ3v) is 4.83. The molecule has 0 radical (unpaired) electrons. The Balaban J connectivity index is 1.95. The number of nitrogens with zero attached hydrogens (tertiary/aromatic N) is 1. The number of amides is 1. The number of thioether (sulfide) groups is 1. The molecule has 0 fully saturated rings. The van der Waals surface area contributed by atoms with Gasteiger partial charge in [-0.2, -0.15) is 0 Å². The van der Waals surface area contributed by atoms with Gasteiger partial charge in [-0.25, -0.2) is 0 Å². The zero-order chi connectivity index (χ0) is 17.5. The number of hydrogen-bond acceptors (Lipinski definition) is 3. The molecule has 2 aromatic rings. The molecule has 0 aliphatic rings. The fourth-order valence-corrected chi connectivity index (χ4v) is 2.97. The Morgan fingerprint density at radius 1 is 1.21 bits per heavy atom. The third kappa shape index (κ3) is 5.55. The molecule has 3 nitrogen and oxygen atoms in total. The number of likely N-dealkylation sites (N-methyl/N-ethyl adjacent to an activating group) is 1. The summed E-state index contributed by atoms with van der Waals surface area (Å²) in [6.45, 7) is 5.94. The van der Waals surface area contributed by atoms with Gasteiger partial charge in [0.1, 0.15) is 0 Å². The predicted molar refractivity (Wildman–Crippen MR) is 104 cm³/mol. The van der Waals surface area contributed by atoms with Crippen molar-refractivity contribution in [2.24, 2.45) is 0 Å². The summed E-state index contributed by atoms with van der Waals surface area (Å²) in [6, 6.07) is 14.0. The molecule has 1 N–H and O–H groups in total. The van der Waals surface area contributed by atoms with Crippen LogP contribution in [0.5, 0.6) is 0 Å².